The summed E-state index contributed by atoms with van der Waals surface area (Å²) < 4.78 is 0. The van der Waals surface area contributed by atoms with Crippen molar-refractivity contribution in [2.75, 3.05) is 27.8 Å². The van der Waals surface area contributed by atoms with Crippen LogP contribution in [-0.2, 0) is 0 Å². The molecule has 1 aliphatic carbocycles. The predicted molar refractivity (Wildman–Crippen MR) is 201 cm³/mol. The quantitative estimate of drug-likeness (QED) is 0.173. The van der Waals surface area contributed by atoms with Gasteiger partial charge in [-0.3, -0.25) is 0 Å². The summed E-state index contributed by atoms with van der Waals surface area (Å²) in [7, 11) is 0. The van der Waals surface area contributed by atoms with Crippen LogP contribution >= 0.6 is 46.7 Å². The number of likely N-dealkylation sites (N-methyl/N-ethyl adjacent to an activating group) is 1. The van der Waals surface area contributed by atoms with E-state index in [9.17, 15) is 0 Å². The number of anilines is 4. The Kier molecular flexibility index (Phi) is 9.46. The second kappa shape index (κ2) is 13.9. The third-order valence-corrected chi connectivity index (χ3v) is 11.8. The number of fused-ring (bicyclic) bond motifs is 2. The normalized spacial score (nSPS) is 19.9. The summed E-state index contributed by atoms with van der Waals surface area (Å²) in [6.45, 7) is 6.28. The van der Waals surface area contributed by atoms with Crippen molar-refractivity contribution >= 4 is 69.5 Å². The number of halogens is 2. The topological polar surface area (TPSA) is 9.72 Å². The largest absolute Gasteiger partial charge is 0.355 e. The first-order chi connectivity index (χ1) is 22.5. The van der Waals surface area contributed by atoms with Crippen LogP contribution in [-0.4, -0.2) is 18.5 Å². The first-order valence-electron chi connectivity index (χ1n) is 16.0. The molecule has 4 aromatic rings. The Morgan fingerprint density at radius 1 is 0.804 bits per heavy atom. The molecule has 2 aliphatic heterocycles. The summed E-state index contributed by atoms with van der Waals surface area (Å²) in [6, 6.07) is 34.2. The van der Waals surface area contributed by atoms with Crippen molar-refractivity contribution in [2.24, 2.45) is 5.92 Å². The highest BCUT2D eigenvalue weighted by Crippen LogP contribution is 2.49. The fraction of sp³-hybridized carbons (Fsp3) is 0.231. The van der Waals surface area contributed by atoms with Crippen molar-refractivity contribution in [3.8, 4) is 0 Å². The zero-order chi connectivity index (χ0) is 31.6. The van der Waals surface area contributed by atoms with Crippen LogP contribution < -0.4 is 14.7 Å². The van der Waals surface area contributed by atoms with Gasteiger partial charge in [0, 0.05) is 55.9 Å². The molecular weight excluding hydrogens is 645 g/mol. The third kappa shape index (κ3) is 6.23. The molecule has 234 valence electrons. The van der Waals surface area contributed by atoms with Gasteiger partial charge in [-0.05, 0) is 99.3 Å². The second-order valence-corrected chi connectivity index (χ2v) is 14.7. The van der Waals surface area contributed by atoms with E-state index >= 15 is 0 Å². The van der Waals surface area contributed by atoms with Gasteiger partial charge in [-0.1, -0.05) is 101 Å². The third-order valence-electron chi connectivity index (χ3n) is 8.92. The Hall–Kier alpha value is -3.22. The lowest BCUT2D eigenvalue weighted by molar-refractivity contribution is 0.604. The minimum absolute atomic E-state index is 0.230. The summed E-state index contributed by atoms with van der Waals surface area (Å²) >= 11 is 16.6. The predicted octanol–water partition coefficient (Wildman–Crippen LogP) is 12.2. The lowest BCUT2D eigenvalue weighted by Gasteiger charge is -2.31. The van der Waals surface area contributed by atoms with Gasteiger partial charge >= 0.3 is 0 Å². The molecule has 46 heavy (non-hydrogen) atoms. The van der Waals surface area contributed by atoms with Gasteiger partial charge in [-0.15, -0.1) is 0 Å². The SMILES string of the molecule is CCN1C(=CCC2CCC(C=CC3Sc4ccc(Cl)cc4N3CC)=C2N(c2ccccc2)c2ccccc2)Sc2ccc(Cl)cc21. The van der Waals surface area contributed by atoms with E-state index in [0.29, 0.717) is 5.92 Å². The number of thioether (sulfide) groups is 2. The van der Waals surface area contributed by atoms with Gasteiger partial charge in [0.2, 0.25) is 0 Å². The highest BCUT2D eigenvalue weighted by Gasteiger charge is 2.32. The fourth-order valence-corrected chi connectivity index (χ4v) is 9.53. The van der Waals surface area contributed by atoms with Crippen molar-refractivity contribution in [2.45, 2.75) is 48.3 Å². The number of rotatable bonds is 9. The van der Waals surface area contributed by atoms with Crippen LogP contribution in [0.15, 0.2) is 141 Å². The molecule has 0 bridgehead atoms. The Labute approximate surface area is 291 Å². The molecule has 0 N–H and O–H groups in total. The van der Waals surface area contributed by atoms with E-state index in [4.69, 9.17) is 23.2 Å². The maximum absolute atomic E-state index is 6.41. The molecule has 7 heteroatoms. The standard InChI is InChI=1S/C39H37Cl2N3S2/c1-3-42-33-25-29(40)19-21-35(33)45-37(42)23-17-27-15-16-28(18-24-38-43(4-2)34-26-30(41)20-22-36(34)46-38)39(27)44(31-11-7-5-8-12-31)32-13-9-6-10-14-32/h5-14,17,19-26,28,37H,3-4,15-16,18H2,1-2H3. The number of hydrogen-bond donors (Lipinski definition) is 0. The molecule has 0 amide bonds. The molecule has 0 radical (unpaired) electrons. The van der Waals surface area contributed by atoms with E-state index in [2.05, 4.69) is 132 Å². The van der Waals surface area contributed by atoms with Crippen LogP contribution in [0.5, 0.6) is 0 Å². The molecule has 0 spiro atoms. The summed E-state index contributed by atoms with van der Waals surface area (Å²) in [5.41, 5.74) is 7.62. The monoisotopic (exact) mass is 681 g/mol. The van der Waals surface area contributed by atoms with Gasteiger partial charge in [-0.25, -0.2) is 0 Å². The smallest absolute Gasteiger partial charge is 0.0985 e. The zero-order valence-corrected chi connectivity index (χ0v) is 29.2. The van der Waals surface area contributed by atoms with Crippen LogP contribution in [0.1, 0.15) is 33.1 Å². The van der Waals surface area contributed by atoms with Gasteiger partial charge in [0.1, 0.15) is 0 Å². The molecule has 2 atom stereocenters. The summed E-state index contributed by atoms with van der Waals surface area (Å²) in [6.07, 6.45) is 10.4. The Balaban J connectivity index is 1.26. The Morgan fingerprint density at radius 2 is 1.46 bits per heavy atom. The molecule has 4 aromatic carbocycles. The maximum atomic E-state index is 6.41. The average Bonchev–Trinajstić information content (AvgIpc) is 3.75. The van der Waals surface area contributed by atoms with Crippen LogP contribution in [0.3, 0.4) is 0 Å². The highest BCUT2D eigenvalue weighted by atomic mass is 35.5. The number of allylic oxidation sites excluding steroid dienone is 4. The number of benzene rings is 4. The molecule has 2 unspecified atom stereocenters. The van der Waals surface area contributed by atoms with E-state index < -0.39 is 0 Å². The second-order valence-electron chi connectivity index (χ2n) is 11.7. The Bertz CT molecular complexity index is 1770. The highest BCUT2D eigenvalue weighted by molar-refractivity contribution is 8.03. The molecule has 2 heterocycles. The number of nitrogens with zero attached hydrogens (tertiary/aromatic N) is 3. The molecule has 3 nitrogen and oxygen atoms in total. The first kappa shape index (κ1) is 31.4. The van der Waals surface area contributed by atoms with Crippen molar-refractivity contribution in [1.29, 1.82) is 0 Å². The first-order valence-corrected chi connectivity index (χ1v) is 18.5. The van der Waals surface area contributed by atoms with E-state index in [0.717, 1.165) is 42.4 Å². The van der Waals surface area contributed by atoms with Crippen molar-refractivity contribution < 1.29 is 0 Å². The fourth-order valence-electron chi connectivity index (χ4n) is 6.80. The van der Waals surface area contributed by atoms with Gasteiger partial charge in [-0.2, -0.15) is 0 Å². The van der Waals surface area contributed by atoms with Crippen LogP contribution in [0.25, 0.3) is 0 Å². The van der Waals surface area contributed by atoms with Crippen LogP contribution in [0.2, 0.25) is 10.0 Å². The van der Waals surface area contributed by atoms with Gasteiger partial charge < -0.3 is 14.7 Å². The zero-order valence-electron chi connectivity index (χ0n) is 26.1. The number of hydrogen-bond acceptors (Lipinski definition) is 5. The summed E-state index contributed by atoms with van der Waals surface area (Å²) in [5.74, 6) is 0.369. The van der Waals surface area contributed by atoms with E-state index in [1.165, 1.54) is 48.8 Å². The molecule has 0 aromatic heterocycles. The maximum Gasteiger partial charge on any atom is 0.0985 e. The van der Waals surface area contributed by atoms with Crippen molar-refractivity contribution in [1.82, 2.24) is 0 Å². The minimum Gasteiger partial charge on any atom is -0.355 e. The lowest BCUT2D eigenvalue weighted by atomic mass is 9.99. The molecule has 0 saturated carbocycles. The van der Waals surface area contributed by atoms with Crippen molar-refractivity contribution in [3.05, 3.63) is 142 Å². The Morgan fingerprint density at radius 3 is 2.11 bits per heavy atom. The van der Waals surface area contributed by atoms with Gasteiger partial charge in [0.25, 0.3) is 0 Å². The van der Waals surface area contributed by atoms with E-state index in [1.54, 1.807) is 0 Å². The molecule has 0 fully saturated rings. The molecule has 3 aliphatic rings. The molecular formula is C39H37Cl2N3S2. The van der Waals surface area contributed by atoms with Crippen LogP contribution in [0, 0.1) is 5.92 Å². The summed E-state index contributed by atoms with van der Waals surface area (Å²) in [5, 5.41) is 3.10. The summed E-state index contributed by atoms with van der Waals surface area (Å²) in [4.78, 5) is 9.91. The molecule has 7 rings (SSSR count). The average molecular weight is 683 g/mol. The molecule has 0 saturated heterocycles. The van der Waals surface area contributed by atoms with Gasteiger partial charge in [0.05, 0.1) is 21.8 Å². The van der Waals surface area contributed by atoms with Crippen molar-refractivity contribution in [3.63, 3.8) is 0 Å². The number of para-hydroxylation sites is 2. The van der Waals surface area contributed by atoms with Crippen LogP contribution in [0.4, 0.5) is 22.7 Å². The lowest BCUT2D eigenvalue weighted by Crippen LogP contribution is -2.27. The minimum atomic E-state index is 0.230. The van der Waals surface area contributed by atoms with Gasteiger partial charge in [0.15, 0.2) is 0 Å². The van der Waals surface area contributed by atoms with E-state index in [-0.39, 0.29) is 5.37 Å². The van der Waals surface area contributed by atoms with E-state index in [1.807, 2.05) is 35.7 Å².